The molecule has 0 spiro atoms. The lowest BCUT2D eigenvalue weighted by atomic mass is 9.73. The van der Waals surface area contributed by atoms with E-state index in [2.05, 4.69) is 109 Å². The fourth-order valence-electron chi connectivity index (χ4n) is 4.34. The first-order chi connectivity index (χ1) is 14.1. The van der Waals surface area contributed by atoms with Crippen molar-refractivity contribution in [3.05, 3.63) is 57.6 Å². The molecule has 2 heteroatoms. The van der Waals surface area contributed by atoms with E-state index in [1.165, 1.54) is 16.7 Å². The van der Waals surface area contributed by atoms with Crippen LogP contribution in [0.25, 0.3) is 0 Å². The minimum Gasteiger partial charge on any atom is -0.508 e. The molecule has 0 aliphatic carbocycles. The van der Waals surface area contributed by atoms with Crippen LogP contribution in [0.5, 0.6) is 11.5 Å². The molecule has 0 aliphatic rings. The third-order valence-corrected chi connectivity index (χ3v) is 5.76. The maximum absolute atomic E-state index is 10.4. The number of phenolic OH excluding ortho intramolecular Hbond substituents is 2. The van der Waals surface area contributed by atoms with Crippen molar-refractivity contribution in [3.63, 3.8) is 0 Å². The van der Waals surface area contributed by atoms with Gasteiger partial charge < -0.3 is 10.2 Å². The summed E-state index contributed by atoms with van der Waals surface area (Å²) in [5.74, 6) is 0.883. The monoisotopic (exact) mass is 440 g/mol. The van der Waals surface area contributed by atoms with Crippen LogP contribution in [0.2, 0.25) is 0 Å². The number of benzene rings is 2. The summed E-state index contributed by atoms with van der Waals surface area (Å²) < 4.78 is 0. The lowest BCUT2D eigenvalue weighted by molar-refractivity contribution is 0.423. The highest BCUT2D eigenvalue weighted by Crippen LogP contribution is 2.41. The van der Waals surface area contributed by atoms with Gasteiger partial charge in [0.05, 0.1) is 0 Å². The second-order valence-corrected chi connectivity index (χ2v) is 13.4. The Labute approximate surface area is 198 Å². The van der Waals surface area contributed by atoms with Crippen LogP contribution in [0.3, 0.4) is 0 Å². The van der Waals surface area contributed by atoms with E-state index in [9.17, 15) is 10.2 Å². The molecule has 2 aromatic rings. The minimum atomic E-state index is -0.0291. The molecule has 0 aromatic heterocycles. The zero-order valence-electron chi connectivity index (χ0n) is 23.2. The summed E-state index contributed by atoms with van der Waals surface area (Å²) in [5, 5.41) is 20.5. The maximum Gasteiger partial charge on any atom is 0.123 e. The van der Waals surface area contributed by atoms with E-state index >= 15 is 0 Å². The molecule has 0 radical (unpaired) electrons. The lowest BCUT2D eigenvalue weighted by Crippen LogP contribution is -2.23. The number of hydrogen-bond acceptors (Lipinski definition) is 2. The molecule has 180 valence electrons. The van der Waals surface area contributed by atoms with E-state index < -0.39 is 0 Å². The summed E-state index contributed by atoms with van der Waals surface area (Å²) in [7, 11) is 0. The van der Waals surface area contributed by atoms with Crippen molar-refractivity contribution in [3.8, 4) is 11.5 Å². The quantitative estimate of drug-likeness (QED) is 0.430. The van der Waals surface area contributed by atoms with Crippen molar-refractivity contribution in [1.82, 2.24) is 0 Å². The topological polar surface area (TPSA) is 40.5 Å². The van der Waals surface area contributed by atoms with Crippen molar-refractivity contribution in [2.24, 2.45) is 0 Å². The second kappa shape index (κ2) is 9.12. The van der Waals surface area contributed by atoms with Gasteiger partial charge in [0.1, 0.15) is 11.5 Å². The maximum atomic E-state index is 10.4. The van der Waals surface area contributed by atoms with Crippen LogP contribution in [-0.4, -0.2) is 10.2 Å². The lowest BCUT2D eigenvalue weighted by Gasteiger charge is -2.32. The first-order valence-corrected chi connectivity index (χ1v) is 11.8. The van der Waals surface area contributed by atoms with E-state index in [0.717, 1.165) is 16.7 Å². The Morgan fingerprint density at radius 1 is 0.531 bits per heavy atom. The van der Waals surface area contributed by atoms with Crippen LogP contribution >= 0.6 is 0 Å². The normalized spacial score (nSPS) is 12.9. The highest BCUT2D eigenvalue weighted by Gasteiger charge is 2.29. The molecule has 0 aliphatic heterocycles. The highest BCUT2D eigenvalue weighted by molar-refractivity contribution is 5.51. The molecule has 0 bridgehead atoms. The van der Waals surface area contributed by atoms with Gasteiger partial charge in [-0.15, -0.1) is 0 Å². The molecular formula is C30H48O2. The van der Waals surface area contributed by atoms with Crippen LogP contribution < -0.4 is 0 Å². The van der Waals surface area contributed by atoms with E-state index in [1.54, 1.807) is 0 Å². The molecule has 2 aromatic carbocycles. The van der Waals surface area contributed by atoms with Crippen molar-refractivity contribution >= 4 is 0 Å². The van der Waals surface area contributed by atoms with Gasteiger partial charge in [-0.1, -0.05) is 107 Å². The average Bonchev–Trinajstić information content (AvgIpc) is 2.55. The number of rotatable bonds is 0. The average molecular weight is 441 g/mol. The summed E-state index contributed by atoms with van der Waals surface area (Å²) >= 11 is 0. The zero-order chi connectivity index (χ0) is 25.4. The Hall–Kier alpha value is -1.96. The predicted molar refractivity (Wildman–Crippen MR) is 140 cm³/mol. The van der Waals surface area contributed by atoms with Gasteiger partial charge in [-0.2, -0.15) is 0 Å². The first-order valence-electron chi connectivity index (χ1n) is 11.8. The Morgan fingerprint density at radius 2 is 0.906 bits per heavy atom. The summed E-state index contributed by atoms with van der Waals surface area (Å²) in [5.41, 5.74) is 6.91. The standard InChI is InChI=1S/2C15H24O/c1-10-8-11(14(2,3)4)13(16)12(9-10)15(5,6)7;1-10-8-9-11(16)13(15(5,6)7)12(10)14(2,3)4/h2*8-9,16H,1-7H3. The van der Waals surface area contributed by atoms with Crippen molar-refractivity contribution in [1.29, 1.82) is 0 Å². The summed E-state index contributed by atoms with van der Waals surface area (Å²) in [6.45, 7) is 30.0. The third kappa shape index (κ3) is 6.77. The van der Waals surface area contributed by atoms with E-state index in [-0.39, 0.29) is 21.7 Å². The summed E-state index contributed by atoms with van der Waals surface area (Å²) in [6, 6.07) is 7.99. The van der Waals surface area contributed by atoms with E-state index in [4.69, 9.17) is 0 Å². The molecule has 2 N–H and O–H groups in total. The Morgan fingerprint density at radius 3 is 1.19 bits per heavy atom. The molecule has 0 unspecified atom stereocenters. The van der Waals surface area contributed by atoms with E-state index in [1.807, 2.05) is 12.1 Å². The summed E-state index contributed by atoms with van der Waals surface area (Å²) in [4.78, 5) is 0. The van der Waals surface area contributed by atoms with Gasteiger partial charge >= 0.3 is 0 Å². The molecule has 2 nitrogen and oxygen atoms in total. The number of hydrogen-bond donors (Lipinski definition) is 2. The van der Waals surface area contributed by atoms with Gasteiger partial charge in [-0.25, -0.2) is 0 Å². The molecular weight excluding hydrogens is 392 g/mol. The van der Waals surface area contributed by atoms with Crippen LogP contribution in [0.15, 0.2) is 24.3 Å². The Kier molecular flexibility index (Phi) is 8.00. The highest BCUT2D eigenvalue weighted by atomic mass is 16.3. The molecule has 0 saturated carbocycles. The largest absolute Gasteiger partial charge is 0.508 e. The molecule has 0 atom stereocenters. The smallest absolute Gasteiger partial charge is 0.123 e. The molecule has 0 amide bonds. The van der Waals surface area contributed by atoms with Crippen molar-refractivity contribution in [2.75, 3.05) is 0 Å². The van der Waals surface area contributed by atoms with Gasteiger partial charge in [-0.05, 0) is 63.8 Å². The zero-order valence-corrected chi connectivity index (χ0v) is 23.2. The van der Waals surface area contributed by atoms with Crippen LogP contribution in [-0.2, 0) is 21.7 Å². The van der Waals surface area contributed by atoms with Gasteiger partial charge in [0, 0.05) is 5.56 Å². The predicted octanol–water partition coefficient (Wildman–Crippen LogP) is 8.59. The van der Waals surface area contributed by atoms with Crippen LogP contribution in [0, 0.1) is 13.8 Å². The number of aromatic hydroxyl groups is 2. The molecule has 2 rings (SSSR count). The third-order valence-electron chi connectivity index (χ3n) is 5.76. The fraction of sp³-hybridized carbons (Fsp3) is 0.600. The SMILES string of the molecule is Cc1cc(C(C)(C)C)c(O)c(C(C)(C)C)c1.Cc1ccc(O)c(C(C)(C)C)c1C(C)(C)C. The van der Waals surface area contributed by atoms with Gasteiger partial charge in [0.2, 0.25) is 0 Å². The Balaban J connectivity index is 0.000000320. The number of aryl methyl sites for hydroxylation is 2. The number of phenols is 2. The second-order valence-electron chi connectivity index (χ2n) is 13.4. The summed E-state index contributed by atoms with van der Waals surface area (Å²) in [6.07, 6.45) is 0. The van der Waals surface area contributed by atoms with Gasteiger partial charge in [-0.3, -0.25) is 0 Å². The molecule has 32 heavy (non-hydrogen) atoms. The van der Waals surface area contributed by atoms with Crippen molar-refractivity contribution < 1.29 is 10.2 Å². The van der Waals surface area contributed by atoms with Crippen LogP contribution in [0.1, 0.15) is 116 Å². The Bertz CT molecular complexity index is 863. The van der Waals surface area contributed by atoms with Crippen molar-refractivity contribution in [2.45, 2.75) is 119 Å². The fourth-order valence-corrected chi connectivity index (χ4v) is 4.34. The molecule has 0 heterocycles. The van der Waals surface area contributed by atoms with Gasteiger partial charge in [0.15, 0.2) is 0 Å². The van der Waals surface area contributed by atoms with E-state index in [0.29, 0.717) is 11.5 Å². The molecule has 0 saturated heterocycles. The molecule has 0 fully saturated rings. The minimum absolute atomic E-state index is 0.0178. The van der Waals surface area contributed by atoms with Gasteiger partial charge in [0.25, 0.3) is 0 Å². The first kappa shape index (κ1) is 28.1. The van der Waals surface area contributed by atoms with Crippen LogP contribution in [0.4, 0.5) is 0 Å².